The van der Waals surface area contributed by atoms with Crippen molar-refractivity contribution in [2.45, 2.75) is 19.1 Å². The molecule has 0 bridgehead atoms. The molecule has 0 aromatic heterocycles. The fraction of sp³-hybridized carbons (Fsp3) is 0.269. The molecule has 3 aromatic rings. The Labute approximate surface area is 189 Å². The van der Waals surface area contributed by atoms with E-state index in [1.165, 1.54) is 11.1 Å². The van der Waals surface area contributed by atoms with E-state index >= 15 is 0 Å². The van der Waals surface area contributed by atoms with Gasteiger partial charge in [0.25, 0.3) is 0 Å². The third-order valence-corrected chi connectivity index (χ3v) is 6.00. The highest BCUT2D eigenvalue weighted by Crippen LogP contribution is 2.19. The second kappa shape index (κ2) is 10.6. The predicted octanol–water partition coefficient (Wildman–Crippen LogP) is 4.88. The number of nitrogens with zero attached hydrogens (tertiary/aromatic N) is 2. The van der Waals surface area contributed by atoms with Gasteiger partial charge in [-0.2, -0.15) is 0 Å². The maximum atomic E-state index is 12.6. The van der Waals surface area contributed by atoms with Crippen molar-refractivity contribution in [3.63, 3.8) is 0 Å². The Balaban J connectivity index is 1.44. The van der Waals surface area contributed by atoms with E-state index in [0.717, 1.165) is 32.7 Å². The van der Waals surface area contributed by atoms with Crippen LogP contribution in [0.4, 0.5) is 0 Å². The molecular weight excluding hydrogens is 408 g/mol. The van der Waals surface area contributed by atoms with Crippen LogP contribution in [0.3, 0.4) is 0 Å². The SMILES string of the molecule is O=C(OC[C@H]1CN(Cc2ccccc2)CCN1Cc1ccccc1)c1ccccc1Cl. The molecule has 0 radical (unpaired) electrons. The molecule has 4 rings (SSSR count). The van der Waals surface area contributed by atoms with Crippen molar-refractivity contribution in [2.24, 2.45) is 0 Å². The summed E-state index contributed by atoms with van der Waals surface area (Å²) in [4.78, 5) is 17.5. The van der Waals surface area contributed by atoms with Crippen LogP contribution in [0.5, 0.6) is 0 Å². The molecule has 160 valence electrons. The van der Waals surface area contributed by atoms with Gasteiger partial charge in [-0.15, -0.1) is 0 Å². The summed E-state index contributed by atoms with van der Waals surface area (Å²) in [7, 11) is 0. The summed E-state index contributed by atoms with van der Waals surface area (Å²) >= 11 is 6.17. The zero-order valence-corrected chi connectivity index (χ0v) is 18.2. The van der Waals surface area contributed by atoms with Gasteiger partial charge in [-0.05, 0) is 23.3 Å². The Kier molecular flexibility index (Phi) is 7.36. The Hall–Kier alpha value is -2.66. The van der Waals surface area contributed by atoms with Crippen LogP contribution in [0.15, 0.2) is 84.9 Å². The van der Waals surface area contributed by atoms with Crippen molar-refractivity contribution >= 4 is 17.6 Å². The lowest BCUT2D eigenvalue weighted by Gasteiger charge is -2.41. The minimum absolute atomic E-state index is 0.115. The van der Waals surface area contributed by atoms with E-state index in [-0.39, 0.29) is 12.0 Å². The standard InChI is InChI=1S/C26H27ClN2O2/c27-25-14-8-7-13-24(25)26(30)31-20-23-19-28(17-21-9-3-1-4-10-21)15-16-29(23)18-22-11-5-2-6-12-22/h1-14,23H,15-20H2/t23-/m1/s1. The molecule has 0 amide bonds. The molecule has 31 heavy (non-hydrogen) atoms. The minimum Gasteiger partial charge on any atom is -0.460 e. The maximum absolute atomic E-state index is 12.6. The first-order valence-corrected chi connectivity index (χ1v) is 11.0. The van der Waals surface area contributed by atoms with Gasteiger partial charge in [0, 0.05) is 32.7 Å². The monoisotopic (exact) mass is 434 g/mol. The molecule has 0 saturated carbocycles. The molecule has 3 aromatic carbocycles. The lowest BCUT2D eigenvalue weighted by Crippen LogP contribution is -2.54. The largest absolute Gasteiger partial charge is 0.460 e. The van der Waals surface area contributed by atoms with Crippen LogP contribution >= 0.6 is 11.6 Å². The van der Waals surface area contributed by atoms with E-state index in [0.29, 0.717) is 17.2 Å². The van der Waals surface area contributed by atoms with E-state index in [9.17, 15) is 4.79 Å². The second-order valence-corrected chi connectivity index (χ2v) is 8.32. The molecule has 1 heterocycles. The summed E-state index contributed by atoms with van der Waals surface area (Å²) in [5.41, 5.74) is 2.97. The molecule has 4 nitrogen and oxygen atoms in total. The second-order valence-electron chi connectivity index (χ2n) is 7.91. The van der Waals surface area contributed by atoms with Crippen molar-refractivity contribution in [1.82, 2.24) is 9.80 Å². The van der Waals surface area contributed by atoms with Crippen molar-refractivity contribution < 1.29 is 9.53 Å². The highest BCUT2D eigenvalue weighted by Gasteiger charge is 2.28. The number of halogens is 1. The lowest BCUT2D eigenvalue weighted by atomic mass is 10.1. The van der Waals surface area contributed by atoms with E-state index in [2.05, 4.69) is 58.3 Å². The van der Waals surface area contributed by atoms with Gasteiger partial charge in [0.2, 0.25) is 0 Å². The molecule has 1 aliphatic rings. The van der Waals surface area contributed by atoms with Gasteiger partial charge in [-0.3, -0.25) is 9.80 Å². The summed E-state index contributed by atoms with van der Waals surface area (Å²) in [6.45, 7) is 4.83. The molecule has 0 aliphatic carbocycles. The molecule has 0 N–H and O–H groups in total. The summed E-state index contributed by atoms with van der Waals surface area (Å²) in [5.74, 6) is -0.370. The number of ether oxygens (including phenoxy) is 1. The van der Waals surface area contributed by atoms with Crippen LogP contribution in [0, 0.1) is 0 Å². The Bertz CT molecular complexity index is 981. The molecule has 5 heteroatoms. The molecule has 1 fully saturated rings. The summed E-state index contributed by atoms with van der Waals surface area (Å²) in [5, 5.41) is 0.419. The Morgan fingerprint density at radius 3 is 2.13 bits per heavy atom. The van der Waals surface area contributed by atoms with E-state index in [4.69, 9.17) is 16.3 Å². The number of rotatable bonds is 7. The normalized spacial score (nSPS) is 17.4. The molecule has 1 atom stereocenters. The molecule has 1 aliphatic heterocycles. The van der Waals surface area contributed by atoms with Gasteiger partial charge in [-0.1, -0.05) is 84.4 Å². The zero-order chi connectivity index (χ0) is 21.5. The van der Waals surface area contributed by atoms with Crippen LogP contribution in [0.2, 0.25) is 5.02 Å². The van der Waals surface area contributed by atoms with Crippen LogP contribution in [-0.4, -0.2) is 48.1 Å². The first kappa shape index (κ1) is 21.6. The number of hydrogen-bond acceptors (Lipinski definition) is 4. The van der Waals surface area contributed by atoms with E-state index < -0.39 is 0 Å². The molecule has 1 saturated heterocycles. The summed E-state index contributed by atoms with van der Waals surface area (Å²) in [6, 6.07) is 28.1. The number of piperazine rings is 1. The number of hydrogen-bond donors (Lipinski definition) is 0. The third kappa shape index (κ3) is 5.95. The zero-order valence-electron chi connectivity index (χ0n) is 17.5. The third-order valence-electron chi connectivity index (χ3n) is 5.67. The van der Waals surface area contributed by atoms with E-state index in [1.54, 1.807) is 18.2 Å². The number of benzene rings is 3. The summed E-state index contributed by atoms with van der Waals surface area (Å²) in [6.07, 6.45) is 0. The Morgan fingerprint density at radius 1 is 0.839 bits per heavy atom. The average molecular weight is 435 g/mol. The summed E-state index contributed by atoms with van der Waals surface area (Å²) < 4.78 is 5.72. The Morgan fingerprint density at radius 2 is 1.45 bits per heavy atom. The molecular formula is C26H27ClN2O2. The van der Waals surface area contributed by atoms with Crippen molar-refractivity contribution in [2.75, 3.05) is 26.2 Å². The van der Waals surface area contributed by atoms with Gasteiger partial charge in [0.15, 0.2) is 0 Å². The highest BCUT2D eigenvalue weighted by molar-refractivity contribution is 6.33. The van der Waals surface area contributed by atoms with Gasteiger partial charge >= 0.3 is 5.97 Å². The van der Waals surface area contributed by atoms with Crippen molar-refractivity contribution in [3.8, 4) is 0 Å². The maximum Gasteiger partial charge on any atom is 0.339 e. The lowest BCUT2D eigenvalue weighted by molar-refractivity contribution is 0.00675. The van der Waals surface area contributed by atoms with Crippen molar-refractivity contribution in [3.05, 3.63) is 107 Å². The predicted molar refractivity (Wildman–Crippen MR) is 124 cm³/mol. The van der Waals surface area contributed by atoms with Gasteiger partial charge in [0.1, 0.15) is 6.61 Å². The molecule has 0 unspecified atom stereocenters. The minimum atomic E-state index is -0.370. The number of esters is 1. The van der Waals surface area contributed by atoms with Crippen LogP contribution in [-0.2, 0) is 17.8 Å². The topological polar surface area (TPSA) is 32.8 Å². The average Bonchev–Trinajstić information content (AvgIpc) is 2.80. The van der Waals surface area contributed by atoms with Crippen molar-refractivity contribution in [1.29, 1.82) is 0 Å². The van der Waals surface area contributed by atoms with Gasteiger partial charge in [-0.25, -0.2) is 4.79 Å². The number of carbonyl (C=O) groups is 1. The van der Waals surface area contributed by atoms with E-state index in [1.807, 2.05) is 18.2 Å². The van der Waals surface area contributed by atoms with Gasteiger partial charge < -0.3 is 4.74 Å². The highest BCUT2D eigenvalue weighted by atomic mass is 35.5. The quantitative estimate of drug-likeness (QED) is 0.496. The first-order valence-electron chi connectivity index (χ1n) is 10.6. The fourth-order valence-corrected chi connectivity index (χ4v) is 4.22. The van der Waals surface area contributed by atoms with Crippen LogP contribution < -0.4 is 0 Å². The smallest absolute Gasteiger partial charge is 0.339 e. The van der Waals surface area contributed by atoms with Crippen LogP contribution in [0.25, 0.3) is 0 Å². The van der Waals surface area contributed by atoms with Gasteiger partial charge in [0.05, 0.1) is 16.6 Å². The first-order chi connectivity index (χ1) is 15.2. The van der Waals surface area contributed by atoms with Crippen LogP contribution in [0.1, 0.15) is 21.5 Å². The number of carbonyl (C=O) groups excluding carboxylic acids is 1. The fourth-order valence-electron chi connectivity index (χ4n) is 4.00. The molecule has 0 spiro atoms.